The number of amides is 1. The van der Waals surface area contributed by atoms with Gasteiger partial charge in [-0.3, -0.25) is 9.89 Å². The maximum absolute atomic E-state index is 11.5. The molecule has 0 bridgehead atoms. The van der Waals surface area contributed by atoms with Crippen molar-refractivity contribution < 1.29 is 4.79 Å². The van der Waals surface area contributed by atoms with Crippen LogP contribution in [0.25, 0.3) is 0 Å². The highest BCUT2D eigenvalue weighted by Gasteiger charge is 2.09. The van der Waals surface area contributed by atoms with Crippen LogP contribution in [0.2, 0.25) is 4.47 Å². The fourth-order valence-electron chi connectivity index (χ4n) is 1.01. The van der Waals surface area contributed by atoms with Crippen molar-refractivity contribution in [2.75, 3.05) is 0 Å². The Bertz CT molecular complexity index is 453. The van der Waals surface area contributed by atoms with Crippen LogP contribution in [0.1, 0.15) is 16.2 Å². The normalized spacial score (nSPS) is 10.2. The second kappa shape index (κ2) is 4.41. The number of halogens is 1. The minimum absolute atomic E-state index is 0.243. The highest BCUT2D eigenvalue weighted by molar-refractivity contribution is 7.14. The molecule has 0 fully saturated rings. The molecule has 15 heavy (non-hydrogen) atoms. The lowest BCUT2D eigenvalue weighted by molar-refractivity contribution is 0.0946. The number of hydrogen-bond donors (Lipinski definition) is 2. The lowest BCUT2D eigenvalue weighted by atomic mass is 10.4. The van der Waals surface area contributed by atoms with Gasteiger partial charge >= 0.3 is 0 Å². The molecule has 0 unspecified atom stereocenters. The second-order valence-corrected chi connectivity index (χ2v) is 4.19. The Morgan fingerprint density at radius 2 is 2.53 bits per heavy atom. The summed E-state index contributed by atoms with van der Waals surface area (Å²) in [6, 6.07) is 1.79. The summed E-state index contributed by atoms with van der Waals surface area (Å²) in [5.41, 5.74) is 1.18. The molecule has 1 amide bonds. The number of carbonyl (C=O) groups excluding carboxylic acids is 1. The standard InChI is InChI=1S/C8H7ClN4OS/c9-8-12-6(4-15-8)7(14)10-3-5-1-2-11-13-5/h1-2,4H,3H2,(H,10,14)(H,11,13). The molecule has 0 aliphatic rings. The zero-order valence-corrected chi connectivity index (χ0v) is 9.10. The van der Waals surface area contributed by atoms with Gasteiger partial charge in [0.25, 0.3) is 5.91 Å². The predicted molar refractivity (Wildman–Crippen MR) is 56.9 cm³/mol. The van der Waals surface area contributed by atoms with Gasteiger partial charge in [-0.2, -0.15) is 5.10 Å². The number of nitrogens with zero attached hydrogens (tertiary/aromatic N) is 2. The van der Waals surface area contributed by atoms with Crippen LogP contribution in [0.3, 0.4) is 0 Å². The molecule has 78 valence electrons. The molecule has 0 aromatic carbocycles. The zero-order chi connectivity index (χ0) is 10.7. The third-order valence-electron chi connectivity index (χ3n) is 1.71. The number of hydrogen-bond acceptors (Lipinski definition) is 4. The minimum Gasteiger partial charge on any atom is -0.345 e. The molecule has 2 aromatic heterocycles. The van der Waals surface area contributed by atoms with Crippen molar-refractivity contribution in [1.29, 1.82) is 0 Å². The molecule has 0 atom stereocenters. The van der Waals surface area contributed by atoms with Gasteiger partial charge in [0.2, 0.25) is 0 Å². The van der Waals surface area contributed by atoms with E-state index in [1.807, 2.05) is 0 Å². The van der Waals surface area contributed by atoms with Crippen LogP contribution < -0.4 is 5.32 Å². The van der Waals surface area contributed by atoms with Gasteiger partial charge in [-0.15, -0.1) is 11.3 Å². The summed E-state index contributed by atoms with van der Waals surface area (Å²) < 4.78 is 0.363. The highest BCUT2D eigenvalue weighted by atomic mass is 35.5. The molecular formula is C8H7ClN4OS. The number of aromatic amines is 1. The molecule has 2 N–H and O–H groups in total. The predicted octanol–water partition coefficient (Wildman–Crippen LogP) is 1.45. The fourth-order valence-corrected chi connectivity index (χ4v) is 1.75. The lowest BCUT2D eigenvalue weighted by Gasteiger charge is -1.99. The number of thiazole rings is 1. The van der Waals surface area contributed by atoms with Crippen LogP contribution in [-0.4, -0.2) is 21.1 Å². The van der Waals surface area contributed by atoms with E-state index in [-0.39, 0.29) is 5.91 Å². The minimum atomic E-state index is -0.243. The van der Waals surface area contributed by atoms with Gasteiger partial charge in [0.1, 0.15) is 5.69 Å². The summed E-state index contributed by atoms with van der Waals surface area (Å²) in [5, 5.41) is 10.8. The SMILES string of the molecule is O=C(NCc1ccn[nH]1)c1csc(Cl)n1. The summed E-state index contributed by atoms with van der Waals surface area (Å²) in [6.07, 6.45) is 1.63. The molecule has 2 aromatic rings. The average molecular weight is 243 g/mol. The maximum atomic E-state index is 11.5. The van der Waals surface area contributed by atoms with Crippen LogP contribution in [-0.2, 0) is 6.54 Å². The zero-order valence-electron chi connectivity index (χ0n) is 7.53. The van der Waals surface area contributed by atoms with Crippen LogP contribution in [0.4, 0.5) is 0 Å². The van der Waals surface area contributed by atoms with Gasteiger partial charge in [0, 0.05) is 11.6 Å². The smallest absolute Gasteiger partial charge is 0.271 e. The largest absolute Gasteiger partial charge is 0.345 e. The molecule has 2 rings (SSSR count). The first-order chi connectivity index (χ1) is 7.25. The quantitative estimate of drug-likeness (QED) is 0.856. The van der Waals surface area contributed by atoms with Gasteiger partial charge in [-0.05, 0) is 6.07 Å². The van der Waals surface area contributed by atoms with E-state index < -0.39 is 0 Å². The van der Waals surface area contributed by atoms with E-state index in [2.05, 4.69) is 20.5 Å². The van der Waals surface area contributed by atoms with Gasteiger partial charge in [0.15, 0.2) is 4.47 Å². The molecular weight excluding hydrogens is 236 g/mol. The number of H-pyrrole nitrogens is 1. The first-order valence-corrected chi connectivity index (χ1v) is 5.39. The van der Waals surface area contributed by atoms with E-state index in [0.717, 1.165) is 5.69 Å². The number of aromatic nitrogens is 3. The van der Waals surface area contributed by atoms with Crippen molar-refractivity contribution in [3.05, 3.63) is 33.5 Å². The summed E-state index contributed by atoms with van der Waals surface area (Å²) in [4.78, 5) is 15.3. The Balaban J connectivity index is 1.93. The molecule has 0 radical (unpaired) electrons. The third kappa shape index (κ3) is 2.54. The highest BCUT2D eigenvalue weighted by Crippen LogP contribution is 2.14. The van der Waals surface area contributed by atoms with Crippen LogP contribution >= 0.6 is 22.9 Å². The Hall–Kier alpha value is -1.40. The number of nitrogens with one attached hydrogen (secondary N) is 2. The van der Waals surface area contributed by atoms with E-state index in [1.165, 1.54) is 11.3 Å². The van der Waals surface area contributed by atoms with Crippen molar-refractivity contribution >= 4 is 28.8 Å². The summed E-state index contributed by atoms with van der Waals surface area (Å²) in [7, 11) is 0. The van der Waals surface area contributed by atoms with E-state index in [4.69, 9.17) is 11.6 Å². The van der Waals surface area contributed by atoms with E-state index in [9.17, 15) is 4.79 Å². The van der Waals surface area contributed by atoms with Crippen molar-refractivity contribution in [3.8, 4) is 0 Å². The number of carbonyl (C=O) groups is 1. The monoisotopic (exact) mass is 242 g/mol. The second-order valence-electron chi connectivity index (χ2n) is 2.75. The van der Waals surface area contributed by atoms with Crippen LogP contribution in [0, 0.1) is 0 Å². The molecule has 0 saturated heterocycles. The average Bonchev–Trinajstić information content (AvgIpc) is 2.84. The topological polar surface area (TPSA) is 70.7 Å². The summed E-state index contributed by atoms with van der Waals surface area (Å²) >= 11 is 6.84. The molecule has 0 aliphatic heterocycles. The van der Waals surface area contributed by atoms with Crippen LogP contribution in [0.5, 0.6) is 0 Å². The van der Waals surface area contributed by atoms with Gasteiger partial charge < -0.3 is 5.32 Å². The molecule has 0 saturated carbocycles. The molecule has 0 spiro atoms. The van der Waals surface area contributed by atoms with Crippen LogP contribution in [0.15, 0.2) is 17.6 Å². The maximum Gasteiger partial charge on any atom is 0.271 e. The Morgan fingerprint density at radius 1 is 1.67 bits per heavy atom. The van der Waals surface area contributed by atoms with Crippen molar-refractivity contribution in [1.82, 2.24) is 20.5 Å². The summed E-state index contributed by atoms with van der Waals surface area (Å²) in [6.45, 7) is 0.397. The Labute approximate surface area is 94.5 Å². The first-order valence-electron chi connectivity index (χ1n) is 4.13. The molecule has 2 heterocycles. The Kier molecular flexibility index (Phi) is 2.98. The first kappa shape index (κ1) is 10.1. The van der Waals surface area contributed by atoms with E-state index >= 15 is 0 Å². The molecule has 7 heteroatoms. The number of rotatable bonds is 3. The van der Waals surface area contributed by atoms with Gasteiger partial charge in [0.05, 0.1) is 12.2 Å². The van der Waals surface area contributed by atoms with E-state index in [0.29, 0.717) is 16.7 Å². The summed E-state index contributed by atoms with van der Waals surface area (Å²) in [5.74, 6) is -0.243. The Morgan fingerprint density at radius 3 is 3.13 bits per heavy atom. The lowest BCUT2D eigenvalue weighted by Crippen LogP contribution is -2.23. The molecule has 5 nitrogen and oxygen atoms in total. The molecule has 0 aliphatic carbocycles. The van der Waals surface area contributed by atoms with Gasteiger partial charge in [-0.1, -0.05) is 11.6 Å². The van der Waals surface area contributed by atoms with Gasteiger partial charge in [-0.25, -0.2) is 4.98 Å². The fraction of sp³-hybridized carbons (Fsp3) is 0.125. The van der Waals surface area contributed by atoms with Crippen molar-refractivity contribution in [2.45, 2.75) is 6.54 Å². The van der Waals surface area contributed by atoms with Crippen molar-refractivity contribution in [3.63, 3.8) is 0 Å². The van der Waals surface area contributed by atoms with E-state index in [1.54, 1.807) is 17.6 Å². The third-order valence-corrected chi connectivity index (χ3v) is 2.69. The van der Waals surface area contributed by atoms with Crippen molar-refractivity contribution in [2.24, 2.45) is 0 Å².